The summed E-state index contributed by atoms with van der Waals surface area (Å²) in [7, 11) is 0. The number of rotatable bonds is 3. The Labute approximate surface area is 74.9 Å². The van der Waals surface area contributed by atoms with Crippen molar-refractivity contribution >= 4 is 0 Å². The van der Waals surface area contributed by atoms with Crippen LogP contribution in [0.5, 0.6) is 0 Å². The second kappa shape index (κ2) is 4.63. The average molecular weight is 169 g/mol. The minimum atomic E-state index is -0.197. The van der Waals surface area contributed by atoms with E-state index in [9.17, 15) is 5.11 Å². The summed E-state index contributed by atoms with van der Waals surface area (Å²) in [6, 6.07) is 0.559. The molecule has 0 radical (unpaired) electrons. The number of aliphatic hydroxyl groups is 1. The highest BCUT2D eigenvalue weighted by Gasteiger charge is 2.17. The van der Waals surface area contributed by atoms with Gasteiger partial charge in [0, 0.05) is 6.04 Å². The maximum absolute atomic E-state index is 9.25. The first-order valence-corrected chi connectivity index (χ1v) is 4.88. The van der Waals surface area contributed by atoms with Crippen LogP contribution in [0.15, 0.2) is 12.2 Å². The van der Waals surface area contributed by atoms with Gasteiger partial charge in [-0.2, -0.15) is 0 Å². The Morgan fingerprint density at radius 2 is 1.92 bits per heavy atom. The Kier molecular flexibility index (Phi) is 3.76. The second-order valence-corrected chi connectivity index (χ2v) is 3.32. The third-order valence-corrected chi connectivity index (χ3v) is 2.59. The molecule has 0 fully saturated rings. The van der Waals surface area contributed by atoms with E-state index in [0.29, 0.717) is 6.04 Å². The largest absolute Gasteiger partial charge is 0.389 e. The van der Waals surface area contributed by atoms with Gasteiger partial charge in [0.25, 0.3) is 0 Å². The maximum atomic E-state index is 9.25. The van der Waals surface area contributed by atoms with E-state index in [1.54, 1.807) is 0 Å². The van der Waals surface area contributed by atoms with Gasteiger partial charge in [0.2, 0.25) is 0 Å². The van der Waals surface area contributed by atoms with Gasteiger partial charge in [-0.15, -0.1) is 0 Å². The molecule has 0 amide bonds. The van der Waals surface area contributed by atoms with Crippen LogP contribution < -0.4 is 0 Å². The molecule has 0 aromatic heterocycles. The predicted octanol–water partition coefficient (Wildman–Crippen LogP) is 1.41. The van der Waals surface area contributed by atoms with Crippen molar-refractivity contribution in [3.63, 3.8) is 0 Å². The number of nitrogens with zero attached hydrogens (tertiary/aromatic N) is 1. The SMILES string of the molecule is CCN(CC)[C@H]1C=C[C@@H](O)CC1. The summed E-state index contributed by atoms with van der Waals surface area (Å²) in [6.07, 6.45) is 5.88. The van der Waals surface area contributed by atoms with E-state index in [0.717, 1.165) is 25.9 Å². The number of likely N-dealkylation sites (N-methyl/N-ethyl adjacent to an activating group) is 1. The third kappa shape index (κ3) is 2.32. The van der Waals surface area contributed by atoms with Gasteiger partial charge in [-0.25, -0.2) is 0 Å². The highest BCUT2D eigenvalue weighted by Crippen LogP contribution is 2.16. The fourth-order valence-electron chi connectivity index (χ4n) is 1.79. The van der Waals surface area contributed by atoms with Gasteiger partial charge in [0.05, 0.1) is 6.10 Å². The molecule has 0 bridgehead atoms. The highest BCUT2D eigenvalue weighted by atomic mass is 16.3. The van der Waals surface area contributed by atoms with Crippen molar-refractivity contribution in [2.45, 2.75) is 38.8 Å². The van der Waals surface area contributed by atoms with E-state index < -0.39 is 0 Å². The molecule has 2 atom stereocenters. The van der Waals surface area contributed by atoms with Crippen LogP contribution in [0.1, 0.15) is 26.7 Å². The van der Waals surface area contributed by atoms with Crippen molar-refractivity contribution in [3.05, 3.63) is 12.2 Å². The smallest absolute Gasteiger partial charge is 0.0722 e. The summed E-state index contributed by atoms with van der Waals surface area (Å²) in [6.45, 7) is 6.56. The van der Waals surface area contributed by atoms with Crippen molar-refractivity contribution in [2.75, 3.05) is 13.1 Å². The van der Waals surface area contributed by atoms with Gasteiger partial charge in [-0.1, -0.05) is 26.0 Å². The zero-order valence-corrected chi connectivity index (χ0v) is 8.03. The van der Waals surface area contributed by atoms with Crippen LogP contribution >= 0.6 is 0 Å². The van der Waals surface area contributed by atoms with Gasteiger partial charge in [-0.3, -0.25) is 4.90 Å². The quantitative estimate of drug-likeness (QED) is 0.646. The number of hydrogen-bond acceptors (Lipinski definition) is 2. The minimum Gasteiger partial charge on any atom is -0.389 e. The molecule has 0 heterocycles. The van der Waals surface area contributed by atoms with Gasteiger partial charge in [0.15, 0.2) is 0 Å². The minimum absolute atomic E-state index is 0.197. The Balaban J connectivity index is 2.47. The molecular formula is C10H19NO. The van der Waals surface area contributed by atoms with Crippen molar-refractivity contribution in [3.8, 4) is 0 Å². The monoisotopic (exact) mass is 169 g/mol. The molecule has 1 rings (SSSR count). The summed E-state index contributed by atoms with van der Waals surface area (Å²) >= 11 is 0. The Morgan fingerprint density at radius 3 is 2.33 bits per heavy atom. The van der Waals surface area contributed by atoms with Crippen molar-refractivity contribution in [1.29, 1.82) is 0 Å². The molecule has 0 saturated carbocycles. The molecule has 12 heavy (non-hydrogen) atoms. The molecule has 1 aliphatic rings. The predicted molar refractivity (Wildman–Crippen MR) is 51.1 cm³/mol. The lowest BCUT2D eigenvalue weighted by Gasteiger charge is -2.30. The van der Waals surface area contributed by atoms with Gasteiger partial charge in [0.1, 0.15) is 0 Å². The topological polar surface area (TPSA) is 23.5 Å². The molecule has 0 aliphatic heterocycles. The fourth-order valence-corrected chi connectivity index (χ4v) is 1.79. The van der Waals surface area contributed by atoms with Crippen LogP contribution in [0.2, 0.25) is 0 Å². The van der Waals surface area contributed by atoms with E-state index in [1.807, 2.05) is 6.08 Å². The van der Waals surface area contributed by atoms with Crippen molar-refractivity contribution in [2.24, 2.45) is 0 Å². The normalized spacial score (nSPS) is 29.7. The first-order chi connectivity index (χ1) is 5.77. The maximum Gasteiger partial charge on any atom is 0.0722 e. The first-order valence-electron chi connectivity index (χ1n) is 4.88. The summed E-state index contributed by atoms with van der Waals surface area (Å²) in [4.78, 5) is 2.42. The van der Waals surface area contributed by atoms with Gasteiger partial charge in [-0.05, 0) is 25.9 Å². The molecule has 0 unspecified atom stereocenters. The highest BCUT2D eigenvalue weighted by molar-refractivity contribution is 5.02. The third-order valence-electron chi connectivity index (χ3n) is 2.59. The molecule has 0 aromatic rings. The van der Waals surface area contributed by atoms with Crippen LogP contribution in [0, 0.1) is 0 Å². The van der Waals surface area contributed by atoms with E-state index in [-0.39, 0.29) is 6.10 Å². The summed E-state index contributed by atoms with van der Waals surface area (Å²) in [5, 5.41) is 9.25. The Morgan fingerprint density at radius 1 is 1.25 bits per heavy atom. The van der Waals surface area contributed by atoms with E-state index >= 15 is 0 Å². The van der Waals surface area contributed by atoms with Crippen LogP contribution in [-0.4, -0.2) is 35.2 Å². The summed E-state index contributed by atoms with van der Waals surface area (Å²) in [5.74, 6) is 0. The van der Waals surface area contributed by atoms with Crippen LogP contribution in [0.25, 0.3) is 0 Å². The molecule has 0 aromatic carbocycles. The fraction of sp³-hybridized carbons (Fsp3) is 0.800. The van der Waals surface area contributed by atoms with E-state index in [4.69, 9.17) is 0 Å². The Bertz CT molecular complexity index is 152. The molecule has 1 N–H and O–H groups in total. The molecule has 70 valence electrons. The molecule has 2 nitrogen and oxygen atoms in total. The first kappa shape index (κ1) is 9.75. The molecule has 0 spiro atoms. The zero-order valence-electron chi connectivity index (χ0n) is 8.03. The van der Waals surface area contributed by atoms with Crippen LogP contribution in [0.3, 0.4) is 0 Å². The van der Waals surface area contributed by atoms with Crippen LogP contribution in [0.4, 0.5) is 0 Å². The van der Waals surface area contributed by atoms with Crippen LogP contribution in [-0.2, 0) is 0 Å². The summed E-state index contributed by atoms with van der Waals surface area (Å²) in [5.41, 5.74) is 0. The Hall–Kier alpha value is -0.340. The molecular weight excluding hydrogens is 150 g/mol. The average Bonchev–Trinajstić information content (AvgIpc) is 2.10. The van der Waals surface area contributed by atoms with Crippen molar-refractivity contribution < 1.29 is 5.11 Å². The standard InChI is InChI=1S/C10H19NO/c1-3-11(4-2)9-5-7-10(12)8-6-9/h5,7,9-10,12H,3-4,6,8H2,1-2H3/t9-,10+/m0/s1. The van der Waals surface area contributed by atoms with E-state index in [2.05, 4.69) is 24.8 Å². The lowest BCUT2D eigenvalue weighted by atomic mass is 9.99. The van der Waals surface area contributed by atoms with E-state index in [1.165, 1.54) is 0 Å². The molecule has 2 heteroatoms. The number of hydrogen-bond donors (Lipinski definition) is 1. The lowest BCUT2D eigenvalue weighted by Crippen LogP contribution is -2.36. The second-order valence-electron chi connectivity index (χ2n) is 3.32. The van der Waals surface area contributed by atoms with Gasteiger partial charge < -0.3 is 5.11 Å². The summed E-state index contributed by atoms with van der Waals surface area (Å²) < 4.78 is 0. The zero-order chi connectivity index (χ0) is 8.97. The lowest BCUT2D eigenvalue weighted by molar-refractivity contribution is 0.166. The van der Waals surface area contributed by atoms with Gasteiger partial charge >= 0.3 is 0 Å². The van der Waals surface area contributed by atoms with Crippen molar-refractivity contribution in [1.82, 2.24) is 4.90 Å². The molecule has 1 aliphatic carbocycles. The number of aliphatic hydroxyl groups excluding tert-OH is 1. The molecule has 0 saturated heterocycles.